The molecular weight excluding hydrogens is 242 g/mol. The molecule has 0 aliphatic carbocycles. The summed E-state index contributed by atoms with van der Waals surface area (Å²) in [6, 6.07) is 2.20. The minimum absolute atomic E-state index is 0.127. The number of aryl methyl sites for hydroxylation is 1. The zero-order valence-electron chi connectivity index (χ0n) is 12.2. The van der Waals surface area contributed by atoms with E-state index in [1.165, 1.54) is 0 Å². The molecule has 5 nitrogen and oxygen atoms in total. The Morgan fingerprint density at radius 1 is 1.47 bits per heavy atom. The van der Waals surface area contributed by atoms with Gasteiger partial charge >= 0.3 is 0 Å². The maximum absolute atomic E-state index is 6.16. The highest BCUT2D eigenvalue weighted by Gasteiger charge is 2.42. The molecule has 0 aromatic carbocycles. The second kappa shape index (κ2) is 6.50. The molecule has 1 aromatic rings. The first-order valence-electron chi connectivity index (χ1n) is 7.16. The molecule has 0 bridgehead atoms. The second-order valence-electron chi connectivity index (χ2n) is 5.02. The fourth-order valence-electron chi connectivity index (χ4n) is 2.87. The number of hydrogen-bond donors (Lipinski definition) is 1. The van der Waals surface area contributed by atoms with E-state index >= 15 is 0 Å². The molecule has 1 unspecified atom stereocenters. The minimum Gasteiger partial charge on any atom is -0.381 e. The SMILES string of the molecule is CCNC(c1ccn(C)n1)C1(OCC)CCOCC1. The minimum atomic E-state index is -0.197. The van der Waals surface area contributed by atoms with E-state index in [2.05, 4.69) is 30.3 Å². The van der Waals surface area contributed by atoms with E-state index in [1.807, 2.05) is 17.9 Å². The van der Waals surface area contributed by atoms with Crippen molar-refractivity contribution in [1.82, 2.24) is 15.1 Å². The largest absolute Gasteiger partial charge is 0.381 e. The van der Waals surface area contributed by atoms with E-state index < -0.39 is 0 Å². The lowest BCUT2D eigenvalue weighted by atomic mass is 9.84. The Labute approximate surface area is 115 Å². The number of nitrogens with zero attached hydrogens (tertiary/aromatic N) is 2. The molecule has 0 radical (unpaired) electrons. The van der Waals surface area contributed by atoms with Crippen LogP contribution in [0.2, 0.25) is 0 Å². The van der Waals surface area contributed by atoms with Crippen molar-refractivity contribution in [3.05, 3.63) is 18.0 Å². The first kappa shape index (κ1) is 14.5. The van der Waals surface area contributed by atoms with Crippen LogP contribution in [0.1, 0.15) is 38.4 Å². The van der Waals surface area contributed by atoms with Gasteiger partial charge in [0.1, 0.15) is 0 Å². The van der Waals surface area contributed by atoms with Gasteiger partial charge in [-0.25, -0.2) is 0 Å². The summed E-state index contributed by atoms with van der Waals surface area (Å²) in [6.45, 7) is 7.31. The summed E-state index contributed by atoms with van der Waals surface area (Å²) in [4.78, 5) is 0. The molecule has 1 atom stereocenters. The van der Waals surface area contributed by atoms with E-state index in [0.717, 1.165) is 38.3 Å². The summed E-state index contributed by atoms with van der Waals surface area (Å²) in [6.07, 6.45) is 3.81. The van der Waals surface area contributed by atoms with Crippen molar-refractivity contribution in [2.24, 2.45) is 7.05 Å². The van der Waals surface area contributed by atoms with Crippen LogP contribution in [-0.4, -0.2) is 41.7 Å². The fourth-order valence-corrected chi connectivity index (χ4v) is 2.87. The monoisotopic (exact) mass is 267 g/mol. The van der Waals surface area contributed by atoms with Gasteiger partial charge in [-0.15, -0.1) is 0 Å². The Kier molecular flexibility index (Phi) is 4.96. The lowest BCUT2D eigenvalue weighted by Gasteiger charge is -2.42. The quantitative estimate of drug-likeness (QED) is 0.851. The van der Waals surface area contributed by atoms with E-state index in [4.69, 9.17) is 9.47 Å². The first-order valence-corrected chi connectivity index (χ1v) is 7.16. The van der Waals surface area contributed by atoms with Crippen LogP contribution in [0.25, 0.3) is 0 Å². The average Bonchev–Trinajstić information content (AvgIpc) is 2.83. The third kappa shape index (κ3) is 3.16. The van der Waals surface area contributed by atoms with Crippen LogP contribution in [0.3, 0.4) is 0 Å². The van der Waals surface area contributed by atoms with Gasteiger partial charge in [-0.3, -0.25) is 4.68 Å². The highest BCUT2D eigenvalue weighted by molar-refractivity contribution is 5.13. The predicted octanol–water partition coefficient (Wildman–Crippen LogP) is 1.66. The standard InChI is InChI=1S/C14H25N3O2/c1-4-15-13(12-6-9-17(3)16-12)14(19-5-2)7-10-18-11-8-14/h6,9,13,15H,4-5,7-8,10-11H2,1-3H3. The van der Waals surface area contributed by atoms with Gasteiger partial charge in [0.05, 0.1) is 17.3 Å². The number of nitrogens with one attached hydrogen (secondary N) is 1. The maximum atomic E-state index is 6.16. The molecule has 2 rings (SSSR count). The Hall–Kier alpha value is -0.910. The van der Waals surface area contributed by atoms with Crippen LogP contribution >= 0.6 is 0 Å². The molecule has 0 amide bonds. The highest BCUT2D eigenvalue weighted by Crippen LogP contribution is 2.37. The lowest BCUT2D eigenvalue weighted by Crippen LogP contribution is -2.50. The zero-order chi connectivity index (χ0) is 13.7. The number of aromatic nitrogens is 2. The molecule has 108 valence electrons. The van der Waals surface area contributed by atoms with Crippen molar-refractivity contribution in [3.8, 4) is 0 Å². The molecular formula is C14H25N3O2. The number of ether oxygens (including phenoxy) is 2. The number of hydrogen-bond acceptors (Lipinski definition) is 4. The Morgan fingerprint density at radius 3 is 2.74 bits per heavy atom. The van der Waals surface area contributed by atoms with E-state index in [0.29, 0.717) is 6.61 Å². The van der Waals surface area contributed by atoms with Crippen molar-refractivity contribution in [2.75, 3.05) is 26.4 Å². The normalized spacial score (nSPS) is 20.4. The number of likely N-dealkylation sites (N-methyl/N-ethyl adjacent to an activating group) is 1. The van der Waals surface area contributed by atoms with Gasteiger partial charge in [-0.2, -0.15) is 5.10 Å². The molecule has 1 fully saturated rings. The molecule has 1 N–H and O–H groups in total. The van der Waals surface area contributed by atoms with Crippen LogP contribution in [-0.2, 0) is 16.5 Å². The summed E-state index contributed by atoms with van der Waals surface area (Å²) in [5.41, 5.74) is 0.858. The highest BCUT2D eigenvalue weighted by atomic mass is 16.5. The van der Waals surface area contributed by atoms with Crippen LogP contribution in [0.5, 0.6) is 0 Å². The fraction of sp³-hybridized carbons (Fsp3) is 0.786. The molecule has 1 aromatic heterocycles. The van der Waals surface area contributed by atoms with E-state index in [9.17, 15) is 0 Å². The molecule has 2 heterocycles. The summed E-state index contributed by atoms with van der Waals surface area (Å²) >= 11 is 0. The Balaban J connectivity index is 2.27. The van der Waals surface area contributed by atoms with Gasteiger partial charge in [0.15, 0.2) is 0 Å². The van der Waals surface area contributed by atoms with Crippen molar-refractivity contribution in [2.45, 2.75) is 38.3 Å². The Bertz CT molecular complexity index is 380. The van der Waals surface area contributed by atoms with Crippen molar-refractivity contribution in [3.63, 3.8) is 0 Å². The molecule has 0 saturated carbocycles. The zero-order valence-corrected chi connectivity index (χ0v) is 12.2. The smallest absolute Gasteiger partial charge is 0.0935 e. The van der Waals surface area contributed by atoms with Gasteiger partial charge in [-0.1, -0.05) is 6.92 Å². The molecule has 19 heavy (non-hydrogen) atoms. The summed E-state index contributed by atoms with van der Waals surface area (Å²) in [7, 11) is 1.95. The number of rotatable bonds is 6. The molecule has 1 aliphatic rings. The maximum Gasteiger partial charge on any atom is 0.0935 e. The van der Waals surface area contributed by atoms with Crippen LogP contribution in [0.4, 0.5) is 0 Å². The molecule has 5 heteroatoms. The molecule has 1 aliphatic heterocycles. The van der Waals surface area contributed by atoms with Gasteiger partial charge in [-0.05, 0) is 19.5 Å². The van der Waals surface area contributed by atoms with Crippen LogP contribution in [0, 0.1) is 0 Å². The summed E-state index contributed by atoms with van der Waals surface area (Å²) in [5, 5.41) is 8.12. The van der Waals surface area contributed by atoms with E-state index in [-0.39, 0.29) is 11.6 Å². The third-order valence-electron chi connectivity index (χ3n) is 3.74. The van der Waals surface area contributed by atoms with Gasteiger partial charge < -0.3 is 14.8 Å². The molecule has 0 spiro atoms. The van der Waals surface area contributed by atoms with Gasteiger partial charge in [0.2, 0.25) is 0 Å². The summed E-state index contributed by atoms with van der Waals surface area (Å²) in [5.74, 6) is 0. The molecule has 1 saturated heterocycles. The van der Waals surface area contributed by atoms with Crippen LogP contribution < -0.4 is 5.32 Å². The summed E-state index contributed by atoms with van der Waals surface area (Å²) < 4.78 is 13.5. The lowest BCUT2D eigenvalue weighted by molar-refractivity contribution is -0.128. The second-order valence-corrected chi connectivity index (χ2v) is 5.02. The van der Waals surface area contributed by atoms with Crippen molar-refractivity contribution in [1.29, 1.82) is 0 Å². The average molecular weight is 267 g/mol. The van der Waals surface area contributed by atoms with Gasteiger partial charge in [0, 0.05) is 45.9 Å². The predicted molar refractivity (Wildman–Crippen MR) is 74.0 cm³/mol. The van der Waals surface area contributed by atoms with Crippen LogP contribution in [0.15, 0.2) is 12.3 Å². The van der Waals surface area contributed by atoms with E-state index in [1.54, 1.807) is 0 Å². The third-order valence-corrected chi connectivity index (χ3v) is 3.74. The topological polar surface area (TPSA) is 48.3 Å². The Morgan fingerprint density at radius 2 is 2.21 bits per heavy atom. The van der Waals surface area contributed by atoms with Crippen molar-refractivity contribution >= 4 is 0 Å². The van der Waals surface area contributed by atoms with Gasteiger partial charge in [0.25, 0.3) is 0 Å². The van der Waals surface area contributed by atoms with Crippen molar-refractivity contribution < 1.29 is 9.47 Å². The first-order chi connectivity index (χ1) is 9.22.